The molecule has 4 nitrogen and oxygen atoms in total. The summed E-state index contributed by atoms with van der Waals surface area (Å²) in [5.74, 6) is -0.0281. The Kier molecular flexibility index (Phi) is 4.76. The standard InChI is InChI=1S/C11H17NO3/c1-8(13)4-5-11-9(3-2-6-12)10(14)7-15-11/h4-5,8-11,13-14H,2-3,7H2,1H3/b5-4+/t8-,9-,10-,11+/m0/s1. The highest BCUT2D eigenvalue weighted by atomic mass is 16.5. The van der Waals surface area contributed by atoms with E-state index in [-0.39, 0.29) is 12.0 Å². The zero-order chi connectivity index (χ0) is 11.3. The summed E-state index contributed by atoms with van der Waals surface area (Å²) in [6.45, 7) is 1.97. The van der Waals surface area contributed by atoms with Crippen molar-refractivity contribution in [3.8, 4) is 6.07 Å². The molecule has 15 heavy (non-hydrogen) atoms. The lowest BCUT2D eigenvalue weighted by atomic mass is 9.93. The number of rotatable bonds is 4. The second-order valence-corrected chi connectivity index (χ2v) is 3.85. The van der Waals surface area contributed by atoms with Gasteiger partial charge in [-0.3, -0.25) is 0 Å². The smallest absolute Gasteiger partial charge is 0.0830 e. The third kappa shape index (κ3) is 3.63. The Hall–Kier alpha value is -0.890. The molecule has 2 N–H and O–H groups in total. The van der Waals surface area contributed by atoms with Crippen molar-refractivity contribution in [2.45, 2.75) is 38.1 Å². The molecule has 0 saturated carbocycles. The molecule has 1 rings (SSSR count). The van der Waals surface area contributed by atoms with Crippen molar-refractivity contribution in [1.29, 1.82) is 5.26 Å². The van der Waals surface area contributed by atoms with Crippen LogP contribution in [0, 0.1) is 17.2 Å². The van der Waals surface area contributed by atoms with Gasteiger partial charge in [0.1, 0.15) is 0 Å². The van der Waals surface area contributed by atoms with Gasteiger partial charge < -0.3 is 14.9 Å². The predicted molar refractivity (Wildman–Crippen MR) is 54.9 cm³/mol. The van der Waals surface area contributed by atoms with Crippen molar-refractivity contribution in [2.75, 3.05) is 6.61 Å². The zero-order valence-corrected chi connectivity index (χ0v) is 8.84. The number of ether oxygens (including phenoxy) is 1. The van der Waals surface area contributed by atoms with Gasteiger partial charge in [-0.2, -0.15) is 5.26 Å². The molecule has 0 aliphatic carbocycles. The molecule has 0 spiro atoms. The fraction of sp³-hybridized carbons (Fsp3) is 0.727. The van der Waals surface area contributed by atoms with Gasteiger partial charge in [-0.25, -0.2) is 0 Å². The van der Waals surface area contributed by atoms with Crippen LogP contribution in [-0.2, 0) is 4.74 Å². The molecule has 0 unspecified atom stereocenters. The van der Waals surface area contributed by atoms with Crippen LogP contribution in [0.2, 0.25) is 0 Å². The summed E-state index contributed by atoms with van der Waals surface area (Å²) in [5, 5.41) is 27.2. The first-order chi connectivity index (χ1) is 7.15. The molecule has 0 aromatic rings. The minimum absolute atomic E-state index is 0.0281. The Morgan fingerprint density at radius 2 is 2.40 bits per heavy atom. The molecule has 4 atom stereocenters. The summed E-state index contributed by atoms with van der Waals surface area (Å²) in [6, 6.07) is 2.06. The summed E-state index contributed by atoms with van der Waals surface area (Å²) in [5.41, 5.74) is 0. The van der Waals surface area contributed by atoms with Crippen molar-refractivity contribution in [3.63, 3.8) is 0 Å². The van der Waals surface area contributed by atoms with Crippen LogP contribution in [0.15, 0.2) is 12.2 Å². The predicted octanol–water partition coefficient (Wildman–Crippen LogP) is 0.603. The second-order valence-electron chi connectivity index (χ2n) is 3.85. The van der Waals surface area contributed by atoms with Gasteiger partial charge in [-0.05, 0) is 13.3 Å². The van der Waals surface area contributed by atoms with Gasteiger partial charge in [0.25, 0.3) is 0 Å². The Morgan fingerprint density at radius 3 is 3.00 bits per heavy atom. The fourth-order valence-corrected chi connectivity index (χ4v) is 1.73. The Bertz CT molecular complexity index is 257. The van der Waals surface area contributed by atoms with Crippen LogP contribution in [0.3, 0.4) is 0 Å². The molecule has 1 heterocycles. The Labute approximate surface area is 89.8 Å². The van der Waals surface area contributed by atoms with Crippen molar-refractivity contribution >= 4 is 0 Å². The molecule has 0 radical (unpaired) electrons. The summed E-state index contributed by atoms with van der Waals surface area (Å²) in [6.07, 6.45) is 3.27. The molecule has 0 bridgehead atoms. The number of hydrogen-bond donors (Lipinski definition) is 2. The highest BCUT2D eigenvalue weighted by Crippen LogP contribution is 2.26. The maximum absolute atomic E-state index is 9.62. The van der Waals surface area contributed by atoms with Gasteiger partial charge >= 0.3 is 0 Å². The number of aliphatic hydroxyl groups excluding tert-OH is 2. The monoisotopic (exact) mass is 211 g/mol. The lowest BCUT2D eigenvalue weighted by Gasteiger charge is -2.16. The van der Waals surface area contributed by atoms with Crippen LogP contribution < -0.4 is 0 Å². The molecule has 4 heteroatoms. The van der Waals surface area contributed by atoms with E-state index in [4.69, 9.17) is 15.1 Å². The molecule has 84 valence electrons. The van der Waals surface area contributed by atoms with Crippen LogP contribution in [0.4, 0.5) is 0 Å². The maximum Gasteiger partial charge on any atom is 0.0830 e. The highest BCUT2D eigenvalue weighted by molar-refractivity contribution is 5.00. The summed E-state index contributed by atoms with van der Waals surface area (Å²) in [4.78, 5) is 0. The Morgan fingerprint density at radius 1 is 1.67 bits per heavy atom. The van der Waals surface area contributed by atoms with E-state index in [1.165, 1.54) is 0 Å². The third-order valence-corrected chi connectivity index (χ3v) is 2.54. The van der Waals surface area contributed by atoms with Gasteiger partial charge in [0.15, 0.2) is 0 Å². The summed E-state index contributed by atoms with van der Waals surface area (Å²) >= 11 is 0. The molecule has 0 aromatic carbocycles. The molecular weight excluding hydrogens is 194 g/mol. The van der Waals surface area contributed by atoms with E-state index in [1.54, 1.807) is 19.1 Å². The zero-order valence-electron chi connectivity index (χ0n) is 8.84. The molecule has 1 saturated heterocycles. The lowest BCUT2D eigenvalue weighted by molar-refractivity contribution is 0.107. The van der Waals surface area contributed by atoms with Crippen LogP contribution in [0.5, 0.6) is 0 Å². The van der Waals surface area contributed by atoms with E-state index >= 15 is 0 Å². The molecule has 1 aliphatic rings. The quantitative estimate of drug-likeness (QED) is 0.668. The SMILES string of the molecule is C[C@H](O)/C=C/[C@H]1OC[C@H](O)[C@@H]1CCC#N. The van der Waals surface area contributed by atoms with E-state index in [0.29, 0.717) is 19.4 Å². The normalized spacial score (nSPS) is 33.1. The summed E-state index contributed by atoms with van der Waals surface area (Å²) in [7, 11) is 0. The number of nitrogens with zero attached hydrogens (tertiary/aromatic N) is 1. The second kappa shape index (κ2) is 5.86. The minimum atomic E-state index is -0.511. The highest BCUT2D eigenvalue weighted by Gasteiger charge is 2.33. The van der Waals surface area contributed by atoms with Gasteiger partial charge in [0.05, 0.1) is 31.0 Å². The molecule has 1 aliphatic heterocycles. The van der Waals surface area contributed by atoms with Crippen molar-refractivity contribution in [3.05, 3.63) is 12.2 Å². The van der Waals surface area contributed by atoms with Gasteiger partial charge in [0, 0.05) is 12.3 Å². The van der Waals surface area contributed by atoms with Crippen LogP contribution in [0.1, 0.15) is 19.8 Å². The van der Waals surface area contributed by atoms with Crippen molar-refractivity contribution in [2.24, 2.45) is 5.92 Å². The van der Waals surface area contributed by atoms with Crippen LogP contribution in [-0.4, -0.2) is 35.1 Å². The van der Waals surface area contributed by atoms with Crippen molar-refractivity contribution < 1.29 is 14.9 Å². The molecule has 0 amide bonds. The average Bonchev–Trinajstić information content (AvgIpc) is 2.53. The van der Waals surface area contributed by atoms with Gasteiger partial charge in [-0.1, -0.05) is 12.2 Å². The van der Waals surface area contributed by atoms with Crippen LogP contribution >= 0.6 is 0 Å². The molecule has 0 aromatic heterocycles. The number of aliphatic hydroxyl groups is 2. The van der Waals surface area contributed by atoms with Gasteiger partial charge in [-0.15, -0.1) is 0 Å². The van der Waals surface area contributed by atoms with E-state index in [1.807, 2.05) is 0 Å². The van der Waals surface area contributed by atoms with Crippen molar-refractivity contribution in [1.82, 2.24) is 0 Å². The number of nitriles is 1. The summed E-state index contributed by atoms with van der Waals surface area (Å²) < 4.78 is 5.37. The largest absolute Gasteiger partial charge is 0.390 e. The van der Waals surface area contributed by atoms with E-state index in [9.17, 15) is 5.11 Å². The first-order valence-corrected chi connectivity index (χ1v) is 5.18. The van der Waals surface area contributed by atoms with Gasteiger partial charge in [0.2, 0.25) is 0 Å². The molecular formula is C11H17NO3. The van der Waals surface area contributed by atoms with E-state index in [0.717, 1.165) is 0 Å². The first-order valence-electron chi connectivity index (χ1n) is 5.18. The molecule has 1 fully saturated rings. The minimum Gasteiger partial charge on any atom is -0.390 e. The van der Waals surface area contributed by atoms with E-state index in [2.05, 4.69) is 6.07 Å². The average molecular weight is 211 g/mol. The Balaban J connectivity index is 2.52. The fourth-order valence-electron chi connectivity index (χ4n) is 1.73. The third-order valence-electron chi connectivity index (χ3n) is 2.54. The van der Waals surface area contributed by atoms with Crippen LogP contribution in [0.25, 0.3) is 0 Å². The first kappa shape index (κ1) is 12.2. The number of hydrogen-bond acceptors (Lipinski definition) is 4. The topological polar surface area (TPSA) is 73.5 Å². The lowest BCUT2D eigenvalue weighted by Crippen LogP contribution is -2.22. The van der Waals surface area contributed by atoms with E-state index < -0.39 is 12.2 Å². The maximum atomic E-state index is 9.62.